The predicted octanol–water partition coefficient (Wildman–Crippen LogP) is 3.28. The van der Waals surface area contributed by atoms with Crippen molar-refractivity contribution in [2.75, 3.05) is 19.6 Å². The summed E-state index contributed by atoms with van der Waals surface area (Å²) in [5.41, 5.74) is 0. The van der Waals surface area contributed by atoms with Gasteiger partial charge in [-0.15, -0.1) is 0 Å². The molecule has 0 aromatic carbocycles. The Bertz CT molecular complexity index is 235. The minimum absolute atomic E-state index is 0.675. The summed E-state index contributed by atoms with van der Waals surface area (Å²) in [5.74, 6) is 1.81. The van der Waals surface area contributed by atoms with Crippen LogP contribution in [0.25, 0.3) is 0 Å². The lowest BCUT2D eigenvalue weighted by Crippen LogP contribution is -2.59. The van der Waals surface area contributed by atoms with Crippen molar-refractivity contribution in [3.05, 3.63) is 0 Å². The molecule has 0 amide bonds. The van der Waals surface area contributed by atoms with E-state index in [1.165, 1.54) is 58.2 Å². The lowest BCUT2D eigenvalue weighted by atomic mass is 9.82. The summed E-state index contributed by atoms with van der Waals surface area (Å²) in [5, 5.41) is 3.71. The van der Waals surface area contributed by atoms with Crippen molar-refractivity contribution in [3.8, 4) is 0 Å². The second-order valence-electron chi connectivity index (χ2n) is 6.74. The van der Waals surface area contributed by atoms with Gasteiger partial charge in [0.2, 0.25) is 0 Å². The molecule has 1 saturated carbocycles. The molecule has 0 aromatic heterocycles. The van der Waals surface area contributed by atoms with Gasteiger partial charge < -0.3 is 5.32 Å². The summed E-state index contributed by atoms with van der Waals surface area (Å²) in [6.45, 7) is 10.9. The van der Waals surface area contributed by atoms with Crippen LogP contribution in [0.3, 0.4) is 0 Å². The van der Waals surface area contributed by atoms with Crippen molar-refractivity contribution in [2.24, 2.45) is 11.8 Å². The third kappa shape index (κ3) is 3.71. The highest BCUT2D eigenvalue weighted by atomic mass is 15.2. The smallest absolute Gasteiger partial charge is 0.0249 e. The highest BCUT2D eigenvalue weighted by molar-refractivity contribution is 4.90. The molecule has 2 heteroatoms. The molecule has 2 nitrogen and oxygen atoms in total. The normalized spacial score (nSPS) is 33.5. The number of nitrogens with zero attached hydrogens (tertiary/aromatic N) is 1. The first-order chi connectivity index (χ1) is 8.70. The van der Waals surface area contributed by atoms with Crippen LogP contribution in [0.4, 0.5) is 0 Å². The molecular formula is C16H32N2. The molecule has 0 aromatic rings. The number of piperazine rings is 1. The van der Waals surface area contributed by atoms with Crippen LogP contribution in [-0.2, 0) is 0 Å². The van der Waals surface area contributed by atoms with E-state index in [0.717, 1.165) is 17.9 Å². The summed E-state index contributed by atoms with van der Waals surface area (Å²) < 4.78 is 0. The molecule has 2 fully saturated rings. The topological polar surface area (TPSA) is 15.3 Å². The van der Waals surface area contributed by atoms with Crippen LogP contribution >= 0.6 is 0 Å². The van der Waals surface area contributed by atoms with Crippen molar-refractivity contribution in [1.29, 1.82) is 0 Å². The van der Waals surface area contributed by atoms with Crippen LogP contribution in [0.1, 0.15) is 59.3 Å². The Labute approximate surface area is 114 Å². The van der Waals surface area contributed by atoms with Gasteiger partial charge in [-0.1, -0.05) is 39.5 Å². The number of rotatable bonds is 4. The van der Waals surface area contributed by atoms with E-state index in [4.69, 9.17) is 0 Å². The average molecular weight is 252 g/mol. The van der Waals surface area contributed by atoms with E-state index < -0.39 is 0 Å². The molecule has 1 aliphatic heterocycles. The zero-order valence-electron chi connectivity index (χ0n) is 12.6. The summed E-state index contributed by atoms with van der Waals surface area (Å²) in [6.07, 6.45) is 8.66. The highest BCUT2D eigenvalue weighted by Gasteiger charge is 2.32. The van der Waals surface area contributed by atoms with Gasteiger partial charge in [-0.2, -0.15) is 0 Å². The standard InChI is InChI=1S/C16H32N2/c1-4-13(2)11-18-12-14(3)17-10-16(18)15-8-6-5-7-9-15/h13-17H,4-12H2,1-3H3. The Morgan fingerprint density at radius 3 is 2.61 bits per heavy atom. The van der Waals surface area contributed by atoms with Gasteiger partial charge in [0.1, 0.15) is 0 Å². The quantitative estimate of drug-likeness (QED) is 0.826. The molecule has 1 aliphatic carbocycles. The molecule has 2 aliphatic rings. The van der Waals surface area contributed by atoms with E-state index >= 15 is 0 Å². The highest BCUT2D eigenvalue weighted by Crippen LogP contribution is 2.30. The summed E-state index contributed by atoms with van der Waals surface area (Å²) in [6, 6.07) is 1.49. The molecule has 1 N–H and O–H groups in total. The lowest BCUT2D eigenvalue weighted by molar-refractivity contribution is 0.0630. The SMILES string of the molecule is CCC(C)CN1CC(C)NCC1C1CCCCC1. The van der Waals surface area contributed by atoms with Gasteiger partial charge in [0.15, 0.2) is 0 Å². The van der Waals surface area contributed by atoms with E-state index in [-0.39, 0.29) is 0 Å². The molecule has 3 unspecified atom stereocenters. The second kappa shape index (κ2) is 6.91. The van der Waals surface area contributed by atoms with Gasteiger partial charge in [-0.25, -0.2) is 0 Å². The van der Waals surface area contributed by atoms with Crippen LogP contribution in [0.15, 0.2) is 0 Å². The minimum Gasteiger partial charge on any atom is -0.311 e. The summed E-state index contributed by atoms with van der Waals surface area (Å²) in [4.78, 5) is 2.81. The molecule has 3 atom stereocenters. The zero-order valence-corrected chi connectivity index (χ0v) is 12.6. The van der Waals surface area contributed by atoms with Gasteiger partial charge in [-0.3, -0.25) is 4.90 Å². The predicted molar refractivity (Wildman–Crippen MR) is 78.9 cm³/mol. The second-order valence-corrected chi connectivity index (χ2v) is 6.74. The molecule has 1 saturated heterocycles. The Balaban J connectivity index is 1.95. The maximum absolute atomic E-state index is 3.71. The summed E-state index contributed by atoms with van der Waals surface area (Å²) >= 11 is 0. The van der Waals surface area contributed by atoms with Crippen LogP contribution in [0.2, 0.25) is 0 Å². The largest absolute Gasteiger partial charge is 0.311 e. The Morgan fingerprint density at radius 2 is 1.94 bits per heavy atom. The van der Waals surface area contributed by atoms with Gasteiger partial charge in [0.05, 0.1) is 0 Å². The zero-order chi connectivity index (χ0) is 13.0. The van der Waals surface area contributed by atoms with Crippen LogP contribution < -0.4 is 5.32 Å². The van der Waals surface area contributed by atoms with Crippen LogP contribution in [-0.4, -0.2) is 36.6 Å². The van der Waals surface area contributed by atoms with E-state index in [1.807, 2.05) is 0 Å². The van der Waals surface area contributed by atoms with E-state index in [0.29, 0.717) is 6.04 Å². The van der Waals surface area contributed by atoms with Gasteiger partial charge >= 0.3 is 0 Å². The van der Waals surface area contributed by atoms with E-state index in [2.05, 4.69) is 31.0 Å². The maximum atomic E-state index is 3.71. The van der Waals surface area contributed by atoms with Crippen molar-refractivity contribution in [3.63, 3.8) is 0 Å². The fourth-order valence-electron chi connectivity index (χ4n) is 3.73. The first-order valence-electron chi connectivity index (χ1n) is 8.18. The Kier molecular flexibility index (Phi) is 5.50. The number of hydrogen-bond donors (Lipinski definition) is 1. The Morgan fingerprint density at radius 1 is 1.22 bits per heavy atom. The minimum atomic E-state index is 0.675. The molecule has 0 bridgehead atoms. The van der Waals surface area contributed by atoms with Crippen LogP contribution in [0, 0.1) is 11.8 Å². The first-order valence-corrected chi connectivity index (χ1v) is 8.18. The fourth-order valence-corrected chi connectivity index (χ4v) is 3.73. The molecule has 106 valence electrons. The van der Waals surface area contributed by atoms with Gasteiger partial charge in [0, 0.05) is 31.7 Å². The third-order valence-electron chi connectivity index (χ3n) is 5.09. The first kappa shape index (κ1) is 14.3. The molecule has 18 heavy (non-hydrogen) atoms. The van der Waals surface area contributed by atoms with E-state index in [1.54, 1.807) is 0 Å². The van der Waals surface area contributed by atoms with Gasteiger partial charge in [0.25, 0.3) is 0 Å². The summed E-state index contributed by atoms with van der Waals surface area (Å²) in [7, 11) is 0. The third-order valence-corrected chi connectivity index (χ3v) is 5.09. The Hall–Kier alpha value is -0.0800. The molecule has 0 spiro atoms. The van der Waals surface area contributed by atoms with Crippen molar-refractivity contribution < 1.29 is 0 Å². The van der Waals surface area contributed by atoms with Crippen LogP contribution in [0.5, 0.6) is 0 Å². The van der Waals surface area contributed by atoms with Crippen molar-refractivity contribution in [2.45, 2.75) is 71.4 Å². The molecular weight excluding hydrogens is 220 g/mol. The monoisotopic (exact) mass is 252 g/mol. The number of nitrogens with one attached hydrogen (secondary N) is 1. The molecule has 1 heterocycles. The van der Waals surface area contributed by atoms with E-state index in [9.17, 15) is 0 Å². The lowest BCUT2D eigenvalue weighted by Gasteiger charge is -2.45. The number of hydrogen-bond acceptors (Lipinski definition) is 2. The van der Waals surface area contributed by atoms with Gasteiger partial charge in [-0.05, 0) is 31.6 Å². The average Bonchev–Trinajstić information content (AvgIpc) is 2.40. The molecule has 0 radical (unpaired) electrons. The van der Waals surface area contributed by atoms with Crippen molar-refractivity contribution in [1.82, 2.24) is 10.2 Å². The maximum Gasteiger partial charge on any atom is 0.0249 e. The fraction of sp³-hybridized carbons (Fsp3) is 1.00. The molecule has 2 rings (SSSR count). The van der Waals surface area contributed by atoms with Crippen molar-refractivity contribution >= 4 is 0 Å².